The lowest BCUT2D eigenvalue weighted by Crippen LogP contribution is -2.39. The molecule has 1 aromatic heterocycles. The van der Waals surface area contributed by atoms with E-state index in [1.165, 1.54) is 0 Å². The monoisotopic (exact) mass is 287 g/mol. The van der Waals surface area contributed by atoms with Crippen molar-refractivity contribution in [2.75, 3.05) is 0 Å². The fraction of sp³-hybridized carbons (Fsp3) is 0.692. The molecule has 0 amide bonds. The maximum absolute atomic E-state index is 11.8. The van der Waals surface area contributed by atoms with Crippen LogP contribution in [-0.4, -0.2) is 27.4 Å². The Morgan fingerprint density at radius 2 is 2.11 bits per heavy atom. The van der Waals surface area contributed by atoms with E-state index in [9.17, 15) is 4.79 Å². The van der Waals surface area contributed by atoms with Gasteiger partial charge in [-0.05, 0) is 27.2 Å². The Morgan fingerprint density at radius 1 is 1.53 bits per heavy atom. The molecule has 0 radical (unpaired) electrons. The van der Waals surface area contributed by atoms with Crippen molar-refractivity contribution in [3.63, 3.8) is 0 Å². The van der Waals surface area contributed by atoms with Crippen LogP contribution in [0.5, 0.6) is 0 Å². The van der Waals surface area contributed by atoms with Crippen LogP contribution in [0.4, 0.5) is 0 Å². The second-order valence-electron chi connectivity index (χ2n) is 5.53. The minimum atomic E-state index is -0.739. The summed E-state index contributed by atoms with van der Waals surface area (Å²) in [5.74, 6) is -0.428. The molecule has 1 heterocycles. The normalized spacial score (nSPS) is 13.4. The van der Waals surface area contributed by atoms with E-state index in [1.807, 2.05) is 27.7 Å². The van der Waals surface area contributed by atoms with Crippen molar-refractivity contribution in [3.8, 4) is 0 Å². The largest absolute Gasteiger partial charge is 0.459 e. The first-order valence-corrected chi connectivity index (χ1v) is 6.72. The summed E-state index contributed by atoms with van der Waals surface area (Å²) in [6.07, 6.45) is 1.06. The van der Waals surface area contributed by atoms with Crippen molar-refractivity contribution >= 4 is 17.6 Å². The van der Waals surface area contributed by atoms with Crippen molar-refractivity contribution in [2.45, 2.75) is 52.2 Å². The maximum Gasteiger partial charge on any atom is 0.323 e. The third-order valence-electron chi connectivity index (χ3n) is 2.63. The molecule has 19 heavy (non-hydrogen) atoms. The van der Waals surface area contributed by atoms with Crippen LogP contribution < -0.4 is 5.73 Å². The summed E-state index contributed by atoms with van der Waals surface area (Å²) in [4.78, 5) is 11.8. The molecule has 5 nitrogen and oxygen atoms in total. The number of aromatic nitrogens is 2. The van der Waals surface area contributed by atoms with E-state index in [4.69, 9.17) is 22.1 Å². The van der Waals surface area contributed by atoms with Crippen molar-refractivity contribution in [1.82, 2.24) is 9.78 Å². The van der Waals surface area contributed by atoms with E-state index < -0.39 is 17.6 Å². The third kappa shape index (κ3) is 4.21. The van der Waals surface area contributed by atoms with Crippen LogP contribution in [0.2, 0.25) is 5.02 Å². The van der Waals surface area contributed by atoms with Gasteiger partial charge in [-0.1, -0.05) is 18.5 Å². The Balaban J connectivity index is 2.80. The number of halogens is 1. The van der Waals surface area contributed by atoms with Gasteiger partial charge in [0.25, 0.3) is 0 Å². The Bertz CT molecular complexity index is 463. The summed E-state index contributed by atoms with van der Waals surface area (Å²) in [6, 6.07) is -0.739. The molecule has 0 saturated heterocycles. The molecule has 0 fully saturated rings. The Morgan fingerprint density at radius 3 is 2.53 bits per heavy atom. The predicted molar refractivity (Wildman–Crippen MR) is 75.1 cm³/mol. The molecule has 0 bridgehead atoms. The molecule has 6 heteroatoms. The van der Waals surface area contributed by atoms with Crippen molar-refractivity contribution in [2.24, 2.45) is 12.8 Å². The van der Waals surface area contributed by atoms with Gasteiger partial charge >= 0.3 is 5.97 Å². The highest BCUT2D eigenvalue weighted by Crippen LogP contribution is 2.22. The first-order valence-electron chi connectivity index (χ1n) is 6.34. The quantitative estimate of drug-likeness (QED) is 0.858. The highest BCUT2D eigenvalue weighted by atomic mass is 35.5. The van der Waals surface area contributed by atoms with Gasteiger partial charge in [0.1, 0.15) is 11.6 Å². The van der Waals surface area contributed by atoms with Gasteiger partial charge in [-0.15, -0.1) is 0 Å². The molecule has 0 aromatic carbocycles. The molecule has 1 rings (SSSR count). The summed E-state index contributed by atoms with van der Waals surface area (Å²) in [6.45, 7) is 7.41. The molecule has 0 aliphatic rings. The zero-order valence-electron chi connectivity index (χ0n) is 12.2. The van der Waals surface area contributed by atoms with Crippen molar-refractivity contribution < 1.29 is 9.53 Å². The number of rotatable bonds is 4. The summed E-state index contributed by atoms with van der Waals surface area (Å²) in [5, 5.41) is 4.88. The van der Waals surface area contributed by atoms with E-state index in [2.05, 4.69) is 5.10 Å². The zero-order valence-corrected chi connectivity index (χ0v) is 12.9. The number of esters is 1. The van der Waals surface area contributed by atoms with Gasteiger partial charge in [0.05, 0.1) is 16.4 Å². The molecule has 1 atom stereocenters. The minimum absolute atomic E-state index is 0.317. The molecule has 1 unspecified atom stereocenters. The lowest BCUT2D eigenvalue weighted by Gasteiger charge is -2.22. The van der Waals surface area contributed by atoms with Gasteiger partial charge in [0.15, 0.2) is 0 Å². The summed E-state index contributed by atoms with van der Waals surface area (Å²) in [5.41, 5.74) is 6.90. The second kappa shape index (κ2) is 5.92. The number of hydrogen-bond donors (Lipinski definition) is 1. The van der Waals surface area contributed by atoms with Crippen LogP contribution in [0.15, 0.2) is 0 Å². The lowest BCUT2D eigenvalue weighted by molar-refractivity contribution is -0.156. The Labute approximate surface area is 119 Å². The van der Waals surface area contributed by atoms with E-state index in [1.54, 1.807) is 11.7 Å². The number of carbonyl (C=O) groups is 1. The molecule has 1 aromatic rings. The van der Waals surface area contributed by atoms with Gasteiger partial charge < -0.3 is 10.5 Å². The minimum Gasteiger partial charge on any atom is -0.459 e. The second-order valence-corrected chi connectivity index (χ2v) is 5.91. The van der Waals surface area contributed by atoms with E-state index >= 15 is 0 Å². The molecule has 0 aliphatic carbocycles. The lowest BCUT2D eigenvalue weighted by atomic mass is 10.1. The van der Waals surface area contributed by atoms with Crippen LogP contribution in [0.25, 0.3) is 0 Å². The molecule has 0 spiro atoms. The third-order valence-corrected chi connectivity index (χ3v) is 3.06. The number of nitrogens with zero attached hydrogens (tertiary/aromatic N) is 2. The van der Waals surface area contributed by atoms with Gasteiger partial charge in [-0.2, -0.15) is 5.10 Å². The zero-order chi connectivity index (χ0) is 14.8. The molecular weight excluding hydrogens is 266 g/mol. The molecule has 108 valence electrons. The van der Waals surface area contributed by atoms with Crippen LogP contribution >= 0.6 is 11.6 Å². The van der Waals surface area contributed by atoms with Crippen LogP contribution in [0.1, 0.15) is 39.1 Å². The Hall–Kier alpha value is -1.07. The van der Waals surface area contributed by atoms with Crippen molar-refractivity contribution in [3.05, 3.63) is 16.4 Å². The molecule has 0 aliphatic heterocycles. The number of aryl methyl sites for hydroxylation is 2. The van der Waals surface area contributed by atoms with Gasteiger partial charge in [0, 0.05) is 13.5 Å². The smallest absolute Gasteiger partial charge is 0.323 e. The number of nitrogens with two attached hydrogens (primary N) is 1. The van der Waals surface area contributed by atoms with Gasteiger partial charge in [-0.25, -0.2) is 0 Å². The van der Waals surface area contributed by atoms with Crippen molar-refractivity contribution in [1.29, 1.82) is 0 Å². The first-order chi connectivity index (χ1) is 8.65. The SMILES string of the molecule is CCc1nn(C)c(CC(N)C(=O)OC(C)(C)C)c1Cl. The molecule has 2 N–H and O–H groups in total. The number of carbonyl (C=O) groups excluding carboxylic acids is 1. The Kier molecular flexibility index (Phi) is 4.98. The molecule has 0 saturated carbocycles. The highest BCUT2D eigenvalue weighted by Gasteiger charge is 2.25. The topological polar surface area (TPSA) is 70.1 Å². The first kappa shape index (κ1) is 16.0. The molecular formula is C13H22ClN3O2. The predicted octanol–water partition coefficient (Wildman–Crippen LogP) is 1.85. The van der Waals surface area contributed by atoms with Gasteiger partial charge in [-0.3, -0.25) is 9.48 Å². The van der Waals surface area contributed by atoms with Crippen LogP contribution in [0, 0.1) is 0 Å². The number of hydrogen-bond acceptors (Lipinski definition) is 4. The maximum atomic E-state index is 11.8. The van der Waals surface area contributed by atoms with E-state index in [0.29, 0.717) is 11.4 Å². The summed E-state index contributed by atoms with van der Waals surface area (Å²) >= 11 is 6.22. The van der Waals surface area contributed by atoms with E-state index in [-0.39, 0.29) is 0 Å². The standard InChI is InChI=1S/C13H22ClN3O2/c1-6-9-11(14)10(17(5)16-9)7-8(15)12(18)19-13(2,3)4/h8H,6-7,15H2,1-5H3. The van der Waals surface area contributed by atoms with Gasteiger partial charge in [0.2, 0.25) is 0 Å². The number of ether oxygens (including phenoxy) is 1. The fourth-order valence-corrected chi connectivity index (χ4v) is 2.08. The summed E-state index contributed by atoms with van der Waals surface area (Å²) < 4.78 is 6.92. The van der Waals surface area contributed by atoms with E-state index in [0.717, 1.165) is 17.8 Å². The van der Waals surface area contributed by atoms with Crippen LogP contribution in [-0.2, 0) is 29.4 Å². The average Bonchev–Trinajstić information content (AvgIpc) is 2.54. The fourth-order valence-electron chi connectivity index (χ4n) is 1.71. The average molecular weight is 288 g/mol. The highest BCUT2D eigenvalue weighted by molar-refractivity contribution is 6.31. The van der Waals surface area contributed by atoms with Crippen LogP contribution in [0.3, 0.4) is 0 Å². The summed E-state index contributed by atoms with van der Waals surface area (Å²) in [7, 11) is 1.79.